The summed E-state index contributed by atoms with van der Waals surface area (Å²) in [6, 6.07) is 11.1. The maximum absolute atomic E-state index is 12.6. The number of hydrogen-bond acceptors (Lipinski definition) is 6. The predicted octanol–water partition coefficient (Wildman–Crippen LogP) is 2.03. The van der Waals surface area contributed by atoms with Gasteiger partial charge < -0.3 is 15.1 Å². The Kier molecular flexibility index (Phi) is 5.07. The number of amides is 2. The minimum atomic E-state index is -0.636. The van der Waals surface area contributed by atoms with Gasteiger partial charge in [0.1, 0.15) is 5.82 Å². The number of carbonyl (C=O) groups excluding carboxylic acids is 2. The van der Waals surface area contributed by atoms with Crippen molar-refractivity contribution in [3.63, 3.8) is 0 Å². The van der Waals surface area contributed by atoms with Crippen LogP contribution in [-0.2, 0) is 9.59 Å². The van der Waals surface area contributed by atoms with E-state index in [4.69, 9.17) is 0 Å². The number of aromatic nitrogens is 4. The molecule has 9 heteroatoms. The highest BCUT2D eigenvalue weighted by atomic mass is 16.2. The lowest BCUT2D eigenvalue weighted by atomic mass is 10.2. The van der Waals surface area contributed by atoms with E-state index in [2.05, 4.69) is 30.4 Å². The van der Waals surface area contributed by atoms with Crippen molar-refractivity contribution < 1.29 is 9.59 Å². The average molecular weight is 417 g/mol. The number of rotatable bonds is 4. The van der Waals surface area contributed by atoms with Crippen LogP contribution in [0.5, 0.6) is 0 Å². The van der Waals surface area contributed by atoms with E-state index in [1.54, 1.807) is 29.4 Å². The maximum Gasteiger partial charge on any atom is 0.313 e. The van der Waals surface area contributed by atoms with Crippen molar-refractivity contribution in [2.75, 3.05) is 36.4 Å². The monoisotopic (exact) mass is 417 g/mol. The lowest BCUT2D eigenvalue weighted by Crippen LogP contribution is -2.51. The molecular formula is C22H23N7O2. The molecule has 0 unspecified atom stereocenters. The summed E-state index contributed by atoms with van der Waals surface area (Å²) in [6.07, 6.45) is 5.78. The first kappa shape index (κ1) is 19.2. The van der Waals surface area contributed by atoms with E-state index in [1.165, 1.54) is 0 Å². The highest BCUT2D eigenvalue weighted by Gasteiger charge is 2.28. The minimum Gasteiger partial charge on any atom is -0.368 e. The highest BCUT2D eigenvalue weighted by Crippen LogP contribution is 2.38. The average Bonchev–Trinajstić information content (AvgIpc) is 3.55. The molecule has 0 atom stereocenters. The normalized spacial score (nSPS) is 16.3. The molecule has 1 saturated heterocycles. The molecule has 2 N–H and O–H groups in total. The summed E-state index contributed by atoms with van der Waals surface area (Å²) in [6.45, 7) is 2.34. The minimum absolute atomic E-state index is 0.487. The molecule has 2 aromatic heterocycles. The molecule has 2 amide bonds. The van der Waals surface area contributed by atoms with Crippen molar-refractivity contribution in [1.82, 2.24) is 25.1 Å². The first-order valence-corrected chi connectivity index (χ1v) is 10.5. The fraction of sp³-hybridized carbons (Fsp3) is 0.318. The van der Waals surface area contributed by atoms with Crippen LogP contribution in [0.4, 0.5) is 11.4 Å². The van der Waals surface area contributed by atoms with Crippen molar-refractivity contribution >= 4 is 23.2 Å². The second kappa shape index (κ2) is 8.17. The Bertz CT molecular complexity index is 1090. The molecule has 9 nitrogen and oxygen atoms in total. The molecule has 1 aliphatic carbocycles. The number of piperazine rings is 1. The summed E-state index contributed by atoms with van der Waals surface area (Å²) in [4.78, 5) is 37.5. The van der Waals surface area contributed by atoms with Crippen LogP contribution >= 0.6 is 0 Å². The second-order valence-corrected chi connectivity index (χ2v) is 7.84. The van der Waals surface area contributed by atoms with Crippen LogP contribution in [0.3, 0.4) is 0 Å². The summed E-state index contributed by atoms with van der Waals surface area (Å²) in [5.74, 6) is 0.833. The van der Waals surface area contributed by atoms with Crippen molar-refractivity contribution in [2.24, 2.45) is 0 Å². The standard InChI is InChI=1S/C22H23N7O2/c30-21(22(31)29-12-10-28(11-13-29)18-6-8-23-9-7-18)24-17-3-1-2-16(14-17)20-25-19(26-27-20)15-4-5-15/h1-3,6-9,14-15H,4-5,10-13H2,(H,24,30)(H,25,26,27). The molecule has 0 radical (unpaired) electrons. The first-order valence-electron chi connectivity index (χ1n) is 10.5. The molecule has 31 heavy (non-hydrogen) atoms. The second-order valence-electron chi connectivity index (χ2n) is 7.84. The lowest BCUT2D eigenvalue weighted by molar-refractivity contribution is -0.143. The fourth-order valence-corrected chi connectivity index (χ4v) is 3.73. The van der Waals surface area contributed by atoms with E-state index in [0.717, 1.165) is 29.9 Å². The van der Waals surface area contributed by atoms with Gasteiger partial charge in [-0.25, -0.2) is 4.98 Å². The molecule has 1 aliphatic heterocycles. The van der Waals surface area contributed by atoms with E-state index in [1.807, 2.05) is 24.3 Å². The predicted molar refractivity (Wildman–Crippen MR) is 115 cm³/mol. The third-order valence-electron chi connectivity index (χ3n) is 5.63. The van der Waals surface area contributed by atoms with Gasteiger partial charge in [-0.05, 0) is 37.1 Å². The van der Waals surface area contributed by atoms with Gasteiger partial charge in [0.25, 0.3) is 0 Å². The van der Waals surface area contributed by atoms with Crippen molar-refractivity contribution in [3.05, 3.63) is 54.6 Å². The maximum atomic E-state index is 12.6. The Morgan fingerprint density at radius 2 is 1.81 bits per heavy atom. The number of anilines is 2. The molecule has 0 spiro atoms. The molecule has 2 fully saturated rings. The van der Waals surface area contributed by atoms with Crippen LogP contribution in [0.15, 0.2) is 48.8 Å². The number of H-pyrrole nitrogens is 1. The number of hydrogen-bond donors (Lipinski definition) is 2. The zero-order chi connectivity index (χ0) is 21.2. The number of pyridine rings is 1. The fourth-order valence-electron chi connectivity index (χ4n) is 3.73. The lowest BCUT2D eigenvalue weighted by Gasteiger charge is -2.35. The van der Waals surface area contributed by atoms with E-state index in [0.29, 0.717) is 43.6 Å². The SMILES string of the molecule is O=C(Nc1cccc(-c2n[nH]c(C3CC3)n2)c1)C(=O)N1CCN(c2ccncc2)CC1. The summed E-state index contributed by atoms with van der Waals surface area (Å²) in [5.41, 5.74) is 2.41. The van der Waals surface area contributed by atoms with Crippen LogP contribution in [0.1, 0.15) is 24.6 Å². The van der Waals surface area contributed by atoms with Crippen LogP contribution in [-0.4, -0.2) is 63.1 Å². The molecule has 158 valence electrons. The molecule has 2 aliphatic rings. The van der Waals surface area contributed by atoms with Gasteiger partial charge in [0.2, 0.25) is 0 Å². The molecule has 1 aromatic carbocycles. The third kappa shape index (κ3) is 4.25. The van der Waals surface area contributed by atoms with Gasteiger partial charge in [-0.15, -0.1) is 0 Å². The molecule has 0 bridgehead atoms. The Morgan fingerprint density at radius 3 is 2.55 bits per heavy atom. The smallest absolute Gasteiger partial charge is 0.313 e. The number of benzene rings is 1. The zero-order valence-electron chi connectivity index (χ0n) is 17.0. The molecule has 1 saturated carbocycles. The molecular weight excluding hydrogens is 394 g/mol. The topological polar surface area (TPSA) is 107 Å². The number of nitrogens with one attached hydrogen (secondary N) is 2. The molecule has 5 rings (SSSR count). The zero-order valence-corrected chi connectivity index (χ0v) is 17.0. The van der Waals surface area contributed by atoms with Crippen LogP contribution in [0.25, 0.3) is 11.4 Å². The quantitative estimate of drug-likeness (QED) is 0.629. The Balaban J connectivity index is 1.19. The summed E-state index contributed by atoms with van der Waals surface area (Å²) in [5, 5.41) is 9.98. The van der Waals surface area contributed by atoms with Crippen LogP contribution in [0.2, 0.25) is 0 Å². The van der Waals surface area contributed by atoms with Gasteiger partial charge >= 0.3 is 11.8 Å². The first-order chi connectivity index (χ1) is 15.2. The van der Waals surface area contributed by atoms with Gasteiger partial charge in [-0.3, -0.25) is 19.7 Å². The number of nitrogens with zero attached hydrogens (tertiary/aromatic N) is 5. The molecule has 3 aromatic rings. The summed E-state index contributed by atoms with van der Waals surface area (Å²) < 4.78 is 0. The van der Waals surface area contributed by atoms with Gasteiger partial charge in [-0.1, -0.05) is 12.1 Å². The van der Waals surface area contributed by atoms with Crippen LogP contribution < -0.4 is 10.2 Å². The summed E-state index contributed by atoms with van der Waals surface area (Å²) >= 11 is 0. The van der Waals surface area contributed by atoms with E-state index >= 15 is 0 Å². The number of carbonyl (C=O) groups is 2. The highest BCUT2D eigenvalue weighted by molar-refractivity contribution is 6.39. The van der Waals surface area contributed by atoms with E-state index in [-0.39, 0.29) is 0 Å². The molecule has 3 heterocycles. The Morgan fingerprint density at radius 1 is 1.03 bits per heavy atom. The van der Waals surface area contributed by atoms with E-state index in [9.17, 15) is 9.59 Å². The van der Waals surface area contributed by atoms with Gasteiger partial charge in [0.15, 0.2) is 5.82 Å². The Labute approximate surface area is 179 Å². The van der Waals surface area contributed by atoms with Crippen LogP contribution in [0, 0.1) is 0 Å². The van der Waals surface area contributed by atoms with Crippen molar-refractivity contribution in [1.29, 1.82) is 0 Å². The van der Waals surface area contributed by atoms with Crippen molar-refractivity contribution in [3.8, 4) is 11.4 Å². The van der Waals surface area contributed by atoms with E-state index < -0.39 is 11.8 Å². The largest absolute Gasteiger partial charge is 0.368 e. The summed E-state index contributed by atoms with van der Waals surface area (Å²) in [7, 11) is 0. The third-order valence-corrected chi connectivity index (χ3v) is 5.63. The van der Waals surface area contributed by atoms with Gasteiger partial charge in [0.05, 0.1) is 0 Å². The number of aromatic amines is 1. The van der Waals surface area contributed by atoms with Gasteiger partial charge in [-0.2, -0.15) is 5.10 Å². The van der Waals surface area contributed by atoms with Gasteiger partial charge in [0, 0.05) is 61.4 Å². The Hall–Kier alpha value is -3.75. The van der Waals surface area contributed by atoms with Crippen molar-refractivity contribution in [2.45, 2.75) is 18.8 Å².